The first kappa shape index (κ1) is 29.8. The predicted molar refractivity (Wildman–Crippen MR) is 169 cm³/mol. The van der Waals surface area contributed by atoms with Gasteiger partial charge in [-0.3, -0.25) is 9.69 Å². The highest BCUT2D eigenvalue weighted by molar-refractivity contribution is 6.09. The standard InChI is InChI=1S/C34H42N4O3/c1-7-8-9-10-20-38(34(40)36-30-26(22(2)3)16-12-17-27(30)23(4)5)31-29(24-14-11-15-25(21-24)41-6)28-18-13-19-35-32(28)37-33(31)39/h11-19,21-23H,7-10,20H2,1-6H3,(H,36,40)(H,35,37,39). The van der Waals surface area contributed by atoms with E-state index in [1.165, 1.54) is 0 Å². The Hall–Kier alpha value is -4.13. The molecule has 0 aliphatic rings. The molecule has 7 heteroatoms. The lowest BCUT2D eigenvalue weighted by molar-refractivity contribution is 0.256. The summed E-state index contributed by atoms with van der Waals surface area (Å²) in [4.78, 5) is 37.2. The van der Waals surface area contributed by atoms with Gasteiger partial charge in [0.15, 0.2) is 0 Å². The first-order chi connectivity index (χ1) is 19.8. The summed E-state index contributed by atoms with van der Waals surface area (Å²) >= 11 is 0. The van der Waals surface area contributed by atoms with Crippen LogP contribution < -0.4 is 20.5 Å². The number of aromatic amines is 1. The van der Waals surface area contributed by atoms with Crippen LogP contribution in [0.2, 0.25) is 0 Å². The maximum Gasteiger partial charge on any atom is 0.326 e. The lowest BCUT2D eigenvalue weighted by atomic mass is 9.92. The molecule has 0 bridgehead atoms. The highest BCUT2D eigenvalue weighted by atomic mass is 16.5. The van der Waals surface area contributed by atoms with Crippen LogP contribution >= 0.6 is 0 Å². The molecule has 2 heterocycles. The molecule has 216 valence electrons. The molecule has 0 unspecified atom stereocenters. The molecule has 2 amide bonds. The Bertz CT molecular complexity index is 1530. The summed E-state index contributed by atoms with van der Waals surface area (Å²) in [5.74, 6) is 1.09. The van der Waals surface area contributed by atoms with Gasteiger partial charge in [-0.15, -0.1) is 0 Å². The predicted octanol–water partition coefficient (Wildman–Crippen LogP) is 8.46. The van der Waals surface area contributed by atoms with Gasteiger partial charge in [0.05, 0.1) is 7.11 Å². The van der Waals surface area contributed by atoms with Crippen LogP contribution in [0.15, 0.2) is 65.6 Å². The summed E-state index contributed by atoms with van der Waals surface area (Å²) in [6.45, 7) is 11.1. The van der Waals surface area contributed by atoms with Crippen molar-refractivity contribution < 1.29 is 9.53 Å². The molecule has 0 aliphatic heterocycles. The number of aromatic nitrogens is 2. The summed E-state index contributed by atoms with van der Waals surface area (Å²) in [6, 6.07) is 17.2. The molecular weight excluding hydrogens is 512 g/mol. The number of unbranched alkanes of at least 4 members (excludes halogenated alkanes) is 3. The summed E-state index contributed by atoms with van der Waals surface area (Å²) in [5, 5.41) is 4.01. The van der Waals surface area contributed by atoms with Gasteiger partial charge in [0, 0.05) is 29.4 Å². The number of ether oxygens (including phenoxy) is 1. The van der Waals surface area contributed by atoms with E-state index in [1.54, 1.807) is 18.2 Å². The van der Waals surface area contributed by atoms with E-state index in [-0.39, 0.29) is 23.4 Å². The van der Waals surface area contributed by atoms with E-state index in [0.29, 0.717) is 29.2 Å². The molecule has 0 radical (unpaired) electrons. The molecule has 0 atom stereocenters. The quantitative estimate of drug-likeness (QED) is 0.182. The number of fused-ring (bicyclic) bond motifs is 1. The monoisotopic (exact) mass is 554 g/mol. The SMILES string of the molecule is CCCCCCN(C(=O)Nc1c(C(C)C)cccc1C(C)C)c1c(-c2cccc(OC)c2)c2cccnc2[nH]c1=O. The first-order valence-corrected chi connectivity index (χ1v) is 14.6. The van der Waals surface area contributed by atoms with Gasteiger partial charge in [-0.2, -0.15) is 0 Å². The summed E-state index contributed by atoms with van der Waals surface area (Å²) in [5.41, 5.74) is 4.81. The molecule has 41 heavy (non-hydrogen) atoms. The van der Waals surface area contributed by atoms with Gasteiger partial charge in [-0.1, -0.05) is 84.2 Å². The molecule has 2 aromatic carbocycles. The molecule has 4 rings (SSSR count). The van der Waals surface area contributed by atoms with Crippen molar-refractivity contribution >= 4 is 28.4 Å². The minimum absolute atomic E-state index is 0.212. The molecule has 0 spiro atoms. The summed E-state index contributed by atoms with van der Waals surface area (Å²) < 4.78 is 5.51. The Labute approximate surface area is 243 Å². The number of hydrogen-bond donors (Lipinski definition) is 2. The number of H-pyrrole nitrogens is 1. The molecule has 0 fully saturated rings. The number of carbonyl (C=O) groups excluding carboxylic acids is 1. The maximum absolute atomic E-state index is 14.3. The molecular formula is C34H42N4O3. The van der Waals surface area contributed by atoms with Crippen LogP contribution in [0.5, 0.6) is 5.75 Å². The zero-order valence-electron chi connectivity index (χ0n) is 25.1. The van der Waals surface area contributed by atoms with Crippen molar-refractivity contribution in [2.75, 3.05) is 23.9 Å². The fourth-order valence-corrected chi connectivity index (χ4v) is 5.32. The van der Waals surface area contributed by atoms with E-state index in [1.807, 2.05) is 42.5 Å². The number of carbonyl (C=O) groups is 1. The third-order valence-corrected chi connectivity index (χ3v) is 7.47. The first-order valence-electron chi connectivity index (χ1n) is 14.6. The number of urea groups is 1. The van der Waals surface area contributed by atoms with E-state index in [0.717, 1.165) is 53.4 Å². The highest BCUT2D eigenvalue weighted by Gasteiger charge is 2.27. The van der Waals surface area contributed by atoms with Crippen LogP contribution in [-0.2, 0) is 0 Å². The van der Waals surface area contributed by atoms with E-state index >= 15 is 0 Å². The molecule has 0 aliphatic carbocycles. The van der Waals surface area contributed by atoms with E-state index in [4.69, 9.17) is 4.74 Å². The van der Waals surface area contributed by atoms with Crippen LogP contribution in [0.25, 0.3) is 22.2 Å². The minimum atomic E-state index is -0.360. The number of nitrogens with one attached hydrogen (secondary N) is 2. The second-order valence-corrected chi connectivity index (χ2v) is 11.1. The molecule has 0 saturated heterocycles. The van der Waals surface area contributed by atoms with E-state index < -0.39 is 0 Å². The number of hydrogen-bond acceptors (Lipinski definition) is 4. The van der Waals surface area contributed by atoms with Crippen LogP contribution in [-0.4, -0.2) is 29.7 Å². The fraction of sp³-hybridized carbons (Fsp3) is 0.382. The number of pyridine rings is 2. The molecule has 7 nitrogen and oxygen atoms in total. The van der Waals surface area contributed by atoms with Gasteiger partial charge in [-0.25, -0.2) is 9.78 Å². The molecule has 4 aromatic rings. The highest BCUT2D eigenvalue weighted by Crippen LogP contribution is 2.37. The average molecular weight is 555 g/mol. The minimum Gasteiger partial charge on any atom is -0.497 e. The summed E-state index contributed by atoms with van der Waals surface area (Å²) in [6.07, 6.45) is 5.51. The number of rotatable bonds is 11. The van der Waals surface area contributed by atoms with Gasteiger partial charge in [0.25, 0.3) is 5.56 Å². The Balaban J connectivity index is 1.92. The Morgan fingerprint density at radius 1 is 0.976 bits per heavy atom. The number of benzene rings is 2. The van der Waals surface area contributed by atoms with Gasteiger partial charge >= 0.3 is 6.03 Å². The van der Waals surface area contributed by atoms with Crippen molar-refractivity contribution in [1.29, 1.82) is 0 Å². The van der Waals surface area contributed by atoms with Crippen molar-refractivity contribution in [1.82, 2.24) is 9.97 Å². The van der Waals surface area contributed by atoms with E-state index in [9.17, 15) is 9.59 Å². The lowest BCUT2D eigenvalue weighted by Gasteiger charge is -2.28. The van der Waals surface area contributed by atoms with Crippen LogP contribution in [0.4, 0.5) is 16.2 Å². The molecule has 2 N–H and O–H groups in total. The van der Waals surface area contributed by atoms with Crippen LogP contribution in [0, 0.1) is 0 Å². The van der Waals surface area contributed by atoms with Crippen molar-refractivity contribution in [3.8, 4) is 16.9 Å². The van der Waals surface area contributed by atoms with Crippen molar-refractivity contribution in [3.05, 3.63) is 82.3 Å². The van der Waals surface area contributed by atoms with Gasteiger partial charge in [0.2, 0.25) is 0 Å². The zero-order chi connectivity index (χ0) is 29.5. The number of nitrogens with zero attached hydrogens (tertiary/aromatic N) is 2. The second-order valence-electron chi connectivity index (χ2n) is 11.1. The van der Waals surface area contributed by atoms with Crippen LogP contribution in [0.1, 0.15) is 83.3 Å². The lowest BCUT2D eigenvalue weighted by Crippen LogP contribution is -2.40. The number of methoxy groups -OCH3 is 1. The van der Waals surface area contributed by atoms with Crippen molar-refractivity contribution in [2.45, 2.75) is 72.1 Å². The molecule has 0 saturated carbocycles. The second kappa shape index (κ2) is 13.5. The van der Waals surface area contributed by atoms with E-state index in [2.05, 4.69) is 62.0 Å². The maximum atomic E-state index is 14.3. The topological polar surface area (TPSA) is 87.3 Å². The fourth-order valence-electron chi connectivity index (χ4n) is 5.32. The van der Waals surface area contributed by atoms with Gasteiger partial charge in [-0.05, 0) is 59.2 Å². The normalized spacial score (nSPS) is 11.3. The van der Waals surface area contributed by atoms with Gasteiger partial charge in [0.1, 0.15) is 17.1 Å². The zero-order valence-corrected chi connectivity index (χ0v) is 25.1. The number of para-hydroxylation sites is 1. The third kappa shape index (κ3) is 6.62. The van der Waals surface area contributed by atoms with Crippen molar-refractivity contribution in [2.24, 2.45) is 0 Å². The Kier molecular flexibility index (Phi) is 9.82. The van der Waals surface area contributed by atoms with Crippen molar-refractivity contribution in [3.63, 3.8) is 0 Å². The van der Waals surface area contributed by atoms with Crippen LogP contribution in [0.3, 0.4) is 0 Å². The Morgan fingerprint density at radius 2 is 1.68 bits per heavy atom. The van der Waals surface area contributed by atoms with Gasteiger partial charge < -0.3 is 15.0 Å². The Morgan fingerprint density at radius 3 is 2.34 bits per heavy atom. The largest absolute Gasteiger partial charge is 0.497 e. The smallest absolute Gasteiger partial charge is 0.326 e. The third-order valence-electron chi connectivity index (χ3n) is 7.47. The molecule has 2 aromatic heterocycles. The average Bonchev–Trinajstić information content (AvgIpc) is 2.96. The number of amides is 2. The summed E-state index contributed by atoms with van der Waals surface area (Å²) in [7, 11) is 1.61. The number of anilines is 2.